The van der Waals surface area contributed by atoms with Crippen molar-refractivity contribution in [2.24, 2.45) is 0 Å². The molecule has 6 aromatic rings. The van der Waals surface area contributed by atoms with Crippen LogP contribution in [0, 0.1) is 14.9 Å². The van der Waals surface area contributed by atoms with E-state index in [1.807, 2.05) is 60.7 Å². The van der Waals surface area contributed by atoms with Gasteiger partial charge < -0.3 is 25.1 Å². The number of para-hydroxylation sites is 1. The van der Waals surface area contributed by atoms with E-state index in [9.17, 15) is 10.2 Å². The number of aromatic hydroxyl groups is 2. The normalized spacial score (nSPS) is 13.5. The Kier molecular flexibility index (Phi) is 10.1. The molecule has 47 heavy (non-hydrogen) atoms. The summed E-state index contributed by atoms with van der Waals surface area (Å²) >= 11 is 0. The second-order valence-electron chi connectivity index (χ2n) is 12.9. The van der Waals surface area contributed by atoms with Crippen LogP contribution in [0.3, 0.4) is 0 Å². The zero-order valence-electron chi connectivity index (χ0n) is 28.1. The van der Waals surface area contributed by atoms with Gasteiger partial charge >= 0.3 is 21.7 Å². The molecule has 0 aromatic heterocycles. The summed E-state index contributed by atoms with van der Waals surface area (Å²) in [4.78, 5) is 0. The van der Waals surface area contributed by atoms with E-state index < -0.39 is 0 Å². The van der Waals surface area contributed by atoms with Gasteiger partial charge in [0.15, 0.2) is 0 Å². The Morgan fingerprint density at radius 3 is 1.55 bits per heavy atom. The molecule has 0 unspecified atom stereocenters. The molecule has 3 heteroatoms. The van der Waals surface area contributed by atoms with Gasteiger partial charge in [-0.15, -0.1) is 0 Å². The molecule has 8 rings (SSSR count). The molecule has 6 aromatic carbocycles. The van der Waals surface area contributed by atoms with E-state index in [0.717, 1.165) is 33.4 Å². The van der Waals surface area contributed by atoms with Crippen LogP contribution >= 0.6 is 0 Å². The van der Waals surface area contributed by atoms with Gasteiger partial charge in [-0.25, -0.2) is 0 Å². The first kappa shape index (κ1) is 35.5. The summed E-state index contributed by atoms with van der Waals surface area (Å²) < 4.78 is 0. The van der Waals surface area contributed by atoms with Crippen LogP contribution in [0.15, 0.2) is 133 Å². The molecule has 0 radical (unpaired) electrons. The molecule has 2 aliphatic rings. The molecule has 0 fully saturated rings. The van der Waals surface area contributed by atoms with Crippen molar-refractivity contribution in [2.45, 2.75) is 38.5 Å². The summed E-state index contributed by atoms with van der Waals surface area (Å²) in [7, 11) is 0. The predicted molar refractivity (Wildman–Crippen MR) is 195 cm³/mol. The van der Waals surface area contributed by atoms with E-state index in [-0.39, 0.29) is 47.4 Å². The zero-order valence-corrected chi connectivity index (χ0v) is 29.7. The molecule has 2 nitrogen and oxygen atoms in total. The van der Waals surface area contributed by atoms with Crippen LogP contribution in [0.2, 0.25) is 0 Å². The smallest absolute Gasteiger partial charge is 0.507 e. The minimum absolute atomic E-state index is 0. The first-order chi connectivity index (χ1) is 21.2. The Morgan fingerprint density at radius 1 is 0.404 bits per heavy atom. The molecular formula is C44H42O2Ti. The van der Waals surface area contributed by atoms with Crippen molar-refractivity contribution in [3.8, 4) is 56.0 Å². The third-order valence-corrected chi connectivity index (χ3v) is 9.60. The van der Waals surface area contributed by atoms with E-state index in [4.69, 9.17) is 0 Å². The van der Waals surface area contributed by atoms with Gasteiger partial charge in [0.1, 0.15) is 11.5 Å². The number of benzene rings is 6. The van der Waals surface area contributed by atoms with Gasteiger partial charge in [0.05, 0.1) is 0 Å². The summed E-state index contributed by atoms with van der Waals surface area (Å²) in [6.45, 7) is 8.99. The van der Waals surface area contributed by atoms with E-state index in [1.165, 1.54) is 33.4 Å². The Morgan fingerprint density at radius 2 is 0.894 bits per heavy atom. The Balaban J connectivity index is 0.000000200. The third-order valence-electron chi connectivity index (χ3n) is 9.60. The number of phenols is 2. The minimum Gasteiger partial charge on any atom is -0.507 e. The van der Waals surface area contributed by atoms with Gasteiger partial charge in [-0.2, -0.15) is 0 Å². The van der Waals surface area contributed by atoms with Gasteiger partial charge in [-0.05, 0) is 62.2 Å². The third kappa shape index (κ3) is 5.75. The van der Waals surface area contributed by atoms with Crippen molar-refractivity contribution in [1.29, 1.82) is 0 Å². The van der Waals surface area contributed by atoms with Crippen LogP contribution in [-0.2, 0) is 32.5 Å². The first-order valence-corrected chi connectivity index (χ1v) is 15.2. The second-order valence-corrected chi connectivity index (χ2v) is 12.9. The number of hydrogen-bond donors (Lipinski definition) is 2. The zero-order chi connectivity index (χ0) is 30.6. The van der Waals surface area contributed by atoms with Crippen LogP contribution < -0.4 is 0 Å². The summed E-state index contributed by atoms with van der Waals surface area (Å²) in [5, 5.41) is 21.1. The van der Waals surface area contributed by atoms with E-state index >= 15 is 0 Å². The Hall–Kier alpha value is -4.37. The SMILES string of the molecule is CC1(C)c2ccccc2-c2c1ccc(-c1ccccc1)c2O.CC1(C)c2ccccc2-c2cc(-c3ccccc3O)ccc21.[CH3-].[CH3-].[Ti+2]. The Bertz CT molecular complexity index is 2040. The van der Waals surface area contributed by atoms with E-state index in [1.54, 1.807) is 6.07 Å². The fourth-order valence-corrected chi connectivity index (χ4v) is 7.23. The molecular weight excluding hydrogens is 608 g/mol. The average Bonchev–Trinajstić information content (AvgIpc) is 3.42. The molecule has 0 saturated heterocycles. The molecule has 0 atom stereocenters. The minimum atomic E-state index is -0.0708. The monoisotopic (exact) mass is 650 g/mol. The van der Waals surface area contributed by atoms with Crippen molar-refractivity contribution in [1.82, 2.24) is 0 Å². The fraction of sp³-hybridized carbons (Fsp3) is 0.136. The van der Waals surface area contributed by atoms with Crippen LogP contribution in [-0.4, -0.2) is 10.2 Å². The number of hydrogen-bond acceptors (Lipinski definition) is 2. The molecule has 0 amide bonds. The number of phenolic OH excluding ortho intramolecular Hbond substituents is 2. The quantitative estimate of drug-likeness (QED) is 0.145. The topological polar surface area (TPSA) is 40.5 Å². The maximum atomic E-state index is 10.9. The number of fused-ring (bicyclic) bond motifs is 6. The summed E-state index contributed by atoms with van der Waals surface area (Å²) in [6.07, 6.45) is 0. The van der Waals surface area contributed by atoms with Crippen LogP contribution in [0.25, 0.3) is 44.5 Å². The van der Waals surface area contributed by atoms with Crippen LogP contribution in [0.1, 0.15) is 49.9 Å². The molecule has 0 saturated carbocycles. The van der Waals surface area contributed by atoms with Gasteiger partial charge in [0.2, 0.25) is 0 Å². The van der Waals surface area contributed by atoms with Gasteiger partial charge in [0, 0.05) is 27.5 Å². The molecule has 0 aliphatic heterocycles. The average molecular weight is 651 g/mol. The molecule has 0 spiro atoms. The standard InChI is InChI=1S/2C21H18O.2CH3.Ti/c1-21(2)18-9-5-3-8-16(18)17-13-14(11-12-19(17)21)15-7-4-6-10-20(15)22;1-21(2)17-11-7-6-10-16(17)19-18(21)13-12-15(20(19)22)14-8-4-3-5-9-14;;;/h2*3-13,22H,1-2H3;2*1H3;/q;;2*-1;+2. The van der Waals surface area contributed by atoms with E-state index in [0.29, 0.717) is 11.5 Å². The van der Waals surface area contributed by atoms with E-state index in [2.05, 4.69) is 94.4 Å². The molecule has 2 N–H and O–H groups in total. The summed E-state index contributed by atoms with van der Waals surface area (Å²) in [6, 6.07) is 45.3. The molecule has 234 valence electrons. The molecule has 0 heterocycles. The molecule has 0 bridgehead atoms. The molecule has 2 aliphatic carbocycles. The maximum absolute atomic E-state index is 10.9. The van der Waals surface area contributed by atoms with Crippen molar-refractivity contribution >= 4 is 0 Å². The van der Waals surface area contributed by atoms with Crippen LogP contribution in [0.5, 0.6) is 11.5 Å². The predicted octanol–water partition coefficient (Wildman–Crippen LogP) is 11.6. The number of rotatable bonds is 2. The van der Waals surface area contributed by atoms with Crippen molar-refractivity contribution < 1.29 is 31.9 Å². The largest absolute Gasteiger partial charge is 2.00 e. The van der Waals surface area contributed by atoms with Crippen LogP contribution in [0.4, 0.5) is 0 Å². The fourth-order valence-electron chi connectivity index (χ4n) is 7.23. The summed E-state index contributed by atoms with van der Waals surface area (Å²) in [5.41, 5.74) is 13.8. The van der Waals surface area contributed by atoms with Crippen molar-refractivity contribution in [2.75, 3.05) is 0 Å². The van der Waals surface area contributed by atoms with Gasteiger partial charge in [-0.3, -0.25) is 0 Å². The second kappa shape index (κ2) is 13.4. The van der Waals surface area contributed by atoms with Crippen molar-refractivity contribution in [3.63, 3.8) is 0 Å². The van der Waals surface area contributed by atoms with Gasteiger partial charge in [0.25, 0.3) is 0 Å². The van der Waals surface area contributed by atoms with Gasteiger partial charge in [-0.1, -0.05) is 149 Å². The Labute approximate surface area is 295 Å². The maximum Gasteiger partial charge on any atom is 2.00 e. The first-order valence-electron chi connectivity index (χ1n) is 15.2. The van der Waals surface area contributed by atoms with Crippen molar-refractivity contribution in [3.05, 3.63) is 171 Å². The summed E-state index contributed by atoms with van der Waals surface area (Å²) in [5.74, 6) is 0.717.